The van der Waals surface area contributed by atoms with Crippen LogP contribution in [-0.4, -0.2) is 41.3 Å². The molecule has 0 saturated heterocycles. The number of hydrogen-bond donors (Lipinski definition) is 1. The summed E-state index contributed by atoms with van der Waals surface area (Å²) in [6.07, 6.45) is -5.42. The minimum Gasteiger partial charge on any atom is -0.480 e. The Morgan fingerprint density at radius 2 is 1.49 bits per heavy atom. The number of carboxylic acids is 1. The first-order valence-corrected chi connectivity index (χ1v) is 11.2. The zero-order chi connectivity index (χ0) is 25.2. The standard InChI is InChI=1S/C27H24F3NO4/c1-2-31(24(25(32)33)15-17-11-13-18(14-12-17)27(28,29)30)26(34)35-16-23-21-9-5-3-7-19(21)20-8-4-6-10-22(20)23/h3-14,23-24H,2,15-16H2,1H3,(H,32,33). The maximum Gasteiger partial charge on any atom is 0.416 e. The zero-order valence-electron chi connectivity index (χ0n) is 19.0. The topological polar surface area (TPSA) is 66.8 Å². The van der Waals surface area contributed by atoms with Crippen molar-refractivity contribution in [3.63, 3.8) is 0 Å². The molecule has 0 heterocycles. The fourth-order valence-corrected chi connectivity index (χ4v) is 4.54. The molecule has 1 aliphatic rings. The summed E-state index contributed by atoms with van der Waals surface area (Å²) in [6.45, 7) is 1.73. The van der Waals surface area contributed by atoms with Gasteiger partial charge in [0, 0.05) is 18.9 Å². The van der Waals surface area contributed by atoms with E-state index in [2.05, 4.69) is 0 Å². The average Bonchev–Trinajstić information content (AvgIpc) is 3.16. The molecule has 4 rings (SSSR count). The lowest BCUT2D eigenvalue weighted by molar-refractivity contribution is -0.142. The molecule has 8 heteroatoms. The van der Waals surface area contributed by atoms with E-state index >= 15 is 0 Å². The summed E-state index contributed by atoms with van der Waals surface area (Å²) < 4.78 is 44.1. The SMILES string of the molecule is CCN(C(=O)OCC1c2ccccc2-c2ccccc21)C(Cc1ccc(C(F)(F)F)cc1)C(=O)O. The lowest BCUT2D eigenvalue weighted by atomic mass is 9.98. The monoisotopic (exact) mass is 483 g/mol. The highest BCUT2D eigenvalue weighted by molar-refractivity contribution is 5.81. The summed E-state index contributed by atoms with van der Waals surface area (Å²) >= 11 is 0. The second-order valence-corrected chi connectivity index (χ2v) is 8.34. The molecular formula is C27H24F3NO4. The second kappa shape index (κ2) is 9.82. The third-order valence-electron chi connectivity index (χ3n) is 6.28. The number of alkyl halides is 3. The van der Waals surface area contributed by atoms with Crippen LogP contribution in [0.2, 0.25) is 0 Å². The Morgan fingerprint density at radius 3 is 1.97 bits per heavy atom. The van der Waals surface area contributed by atoms with Crippen LogP contribution in [0.5, 0.6) is 0 Å². The largest absolute Gasteiger partial charge is 0.480 e. The molecule has 1 unspecified atom stereocenters. The number of fused-ring (bicyclic) bond motifs is 3. The molecule has 0 bridgehead atoms. The molecule has 35 heavy (non-hydrogen) atoms. The van der Waals surface area contributed by atoms with Crippen molar-refractivity contribution in [2.45, 2.75) is 31.5 Å². The van der Waals surface area contributed by atoms with E-state index in [1.807, 2.05) is 48.5 Å². The van der Waals surface area contributed by atoms with Gasteiger partial charge in [0.1, 0.15) is 12.6 Å². The van der Waals surface area contributed by atoms with E-state index in [0.29, 0.717) is 5.56 Å². The highest BCUT2D eigenvalue weighted by Gasteiger charge is 2.34. The summed E-state index contributed by atoms with van der Waals surface area (Å²) in [6, 6.07) is 18.7. The number of carbonyl (C=O) groups is 2. The van der Waals surface area contributed by atoms with Crippen LogP contribution in [0.15, 0.2) is 72.8 Å². The first-order chi connectivity index (χ1) is 16.7. The summed E-state index contributed by atoms with van der Waals surface area (Å²) in [4.78, 5) is 26.1. The Bertz CT molecular complexity index is 1180. The number of benzene rings is 3. The van der Waals surface area contributed by atoms with E-state index in [-0.39, 0.29) is 25.5 Å². The van der Waals surface area contributed by atoms with Gasteiger partial charge in [-0.2, -0.15) is 13.2 Å². The number of likely N-dealkylation sites (N-methyl/N-ethyl adjacent to an activating group) is 1. The van der Waals surface area contributed by atoms with Crippen LogP contribution in [0.1, 0.15) is 35.1 Å². The molecule has 5 nitrogen and oxygen atoms in total. The van der Waals surface area contributed by atoms with Gasteiger partial charge in [0.2, 0.25) is 0 Å². The van der Waals surface area contributed by atoms with Gasteiger partial charge in [-0.05, 0) is 46.9 Å². The molecule has 3 aromatic carbocycles. The first kappa shape index (κ1) is 24.3. The van der Waals surface area contributed by atoms with Gasteiger partial charge >= 0.3 is 18.2 Å². The number of aliphatic carboxylic acids is 1. The molecule has 1 amide bonds. The molecule has 0 fully saturated rings. The van der Waals surface area contributed by atoms with E-state index < -0.39 is 29.8 Å². The summed E-state index contributed by atoms with van der Waals surface area (Å²) in [5.74, 6) is -1.44. The molecular weight excluding hydrogens is 459 g/mol. The molecule has 0 saturated carbocycles. The third-order valence-corrected chi connectivity index (χ3v) is 6.28. The van der Waals surface area contributed by atoms with Crippen LogP contribution in [0.25, 0.3) is 11.1 Å². The molecule has 1 N–H and O–H groups in total. The number of halogens is 3. The minimum atomic E-state index is -4.48. The Morgan fingerprint density at radius 1 is 0.943 bits per heavy atom. The highest BCUT2D eigenvalue weighted by Crippen LogP contribution is 2.44. The first-order valence-electron chi connectivity index (χ1n) is 11.2. The van der Waals surface area contributed by atoms with Gasteiger partial charge in [-0.3, -0.25) is 4.90 Å². The van der Waals surface area contributed by atoms with E-state index in [1.54, 1.807) is 6.92 Å². The van der Waals surface area contributed by atoms with Gasteiger partial charge in [-0.1, -0.05) is 60.7 Å². The van der Waals surface area contributed by atoms with Crippen molar-refractivity contribution in [2.75, 3.05) is 13.2 Å². The van der Waals surface area contributed by atoms with Gasteiger partial charge in [-0.15, -0.1) is 0 Å². The van der Waals surface area contributed by atoms with Gasteiger partial charge in [0.05, 0.1) is 5.56 Å². The van der Waals surface area contributed by atoms with Crippen molar-refractivity contribution in [3.8, 4) is 11.1 Å². The molecule has 182 valence electrons. The summed E-state index contributed by atoms with van der Waals surface area (Å²) in [5, 5.41) is 9.78. The maximum absolute atomic E-state index is 13.0. The number of carboxylic acid groups (broad SMARTS) is 1. The summed E-state index contributed by atoms with van der Waals surface area (Å²) in [5.41, 5.74) is 3.75. The number of amides is 1. The lowest BCUT2D eigenvalue weighted by Crippen LogP contribution is -2.46. The number of rotatable bonds is 7. The Hall–Kier alpha value is -3.81. The van der Waals surface area contributed by atoms with Gasteiger partial charge in [0.25, 0.3) is 0 Å². The lowest BCUT2D eigenvalue weighted by Gasteiger charge is -2.28. The molecule has 3 aromatic rings. The van der Waals surface area contributed by atoms with Crippen molar-refractivity contribution >= 4 is 12.1 Å². The van der Waals surface area contributed by atoms with Crippen molar-refractivity contribution in [3.05, 3.63) is 95.1 Å². The third kappa shape index (κ3) is 5.01. The fourth-order valence-electron chi connectivity index (χ4n) is 4.54. The fraction of sp³-hybridized carbons (Fsp3) is 0.259. The Balaban J connectivity index is 1.49. The predicted molar refractivity (Wildman–Crippen MR) is 124 cm³/mol. The maximum atomic E-state index is 13.0. The molecule has 0 aliphatic heterocycles. The molecule has 1 aliphatic carbocycles. The second-order valence-electron chi connectivity index (χ2n) is 8.34. The van der Waals surface area contributed by atoms with Crippen LogP contribution >= 0.6 is 0 Å². The molecule has 0 radical (unpaired) electrons. The summed E-state index contributed by atoms with van der Waals surface area (Å²) in [7, 11) is 0. The van der Waals surface area contributed by atoms with Crippen LogP contribution in [0.3, 0.4) is 0 Å². The quantitative estimate of drug-likeness (QED) is 0.450. The normalized spacial score (nSPS) is 13.6. The molecule has 0 spiro atoms. The van der Waals surface area contributed by atoms with Crippen molar-refractivity contribution in [1.29, 1.82) is 0 Å². The van der Waals surface area contributed by atoms with Gasteiger partial charge in [0.15, 0.2) is 0 Å². The predicted octanol–water partition coefficient (Wildman–Crippen LogP) is 5.97. The van der Waals surface area contributed by atoms with Crippen molar-refractivity contribution in [1.82, 2.24) is 4.90 Å². The van der Waals surface area contributed by atoms with Crippen LogP contribution < -0.4 is 0 Å². The van der Waals surface area contributed by atoms with E-state index in [9.17, 15) is 27.9 Å². The van der Waals surface area contributed by atoms with Crippen LogP contribution in [-0.2, 0) is 22.1 Å². The molecule has 0 aromatic heterocycles. The van der Waals surface area contributed by atoms with Crippen LogP contribution in [0, 0.1) is 0 Å². The molecule has 1 atom stereocenters. The average molecular weight is 483 g/mol. The van der Waals surface area contributed by atoms with Crippen LogP contribution in [0.4, 0.5) is 18.0 Å². The highest BCUT2D eigenvalue weighted by atomic mass is 19.4. The number of ether oxygens (including phenoxy) is 1. The minimum absolute atomic E-state index is 0.0377. The van der Waals surface area contributed by atoms with Crippen molar-refractivity contribution in [2.24, 2.45) is 0 Å². The van der Waals surface area contributed by atoms with Gasteiger partial charge in [-0.25, -0.2) is 9.59 Å². The zero-order valence-corrected chi connectivity index (χ0v) is 19.0. The Labute approximate surface area is 200 Å². The van der Waals surface area contributed by atoms with Gasteiger partial charge < -0.3 is 9.84 Å². The van der Waals surface area contributed by atoms with E-state index in [4.69, 9.17) is 4.74 Å². The van der Waals surface area contributed by atoms with E-state index in [1.165, 1.54) is 12.1 Å². The van der Waals surface area contributed by atoms with E-state index in [0.717, 1.165) is 39.3 Å². The smallest absolute Gasteiger partial charge is 0.416 e. The number of hydrogen-bond acceptors (Lipinski definition) is 3. The Kier molecular flexibility index (Phi) is 6.82. The van der Waals surface area contributed by atoms with Crippen molar-refractivity contribution < 1.29 is 32.6 Å². The number of nitrogens with zero attached hydrogens (tertiary/aromatic N) is 1. The number of carbonyl (C=O) groups excluding carboxylic acids is 1.